The summed E-state index contributed by atoms with van der Waals surface area (Å²) in [4.78, 5) is 21.8. The minimum Gasteiger partial charge on any atom is -0.460 e. The first-order chi connectivity index (χ1) is 6.22. The number of esters is 1. The van der Waals surface area contributed by atoms with Crippen molar-refractivity contribution in [1.29, 1.82) is 0 Å². The van der Waals surface area contributed by atoms with E-state index in [0.717, 1.165) is 6.42 Å². The third-order valence-electron chi connectivity index (χ3n) is 1.51. The Morgan fingerprint density at radius 2 is 2.08 bits per heavy atom. The van der Waals surface area contributed by atoms with Gasteiger partial charge in [0, 0.05) is 6.42 Å². The van der Waals surface area contributed by atoms with Gasteiger partial charge in [-0.1, -0.05) is 12.2 Å². The van der Waals surface area contributed by atoms with Crippen LogP contribution < -0.4 is 0 Å². The van der Waals surface area contributed by atoms with Crippen LogP contribution in [0.3, 0.4) is 0 Å². The second kappa shape index (κ2) is 7.53. The third kappa shape index (κ3) is 6.08. The molecule has 0 aliphatic carbocycles. The van der Waals surface area contributed by atoms with Gasteiger partial charge in [0.25, 0.3) is 0 Å². The average molecular weight is 184 g/mol. The average Bonchev–Trinajstić information content (AvgIpc) is 2.12. The molecule has 0 aliphatic heterocycles. The van der Waals surface area contributed by atoms with Gasteiger partial charge in [0.1, 0.15) is 0 Å². The Bertz CT molecular complexity index is 194. The Kier molecular flexibility index (Phi) is 6.88. The molecular weight excluding hydrogens is 168 g/mol. The first-order valence-electron chi connectivity index (χ1n) is 4.53. The normalized spacial score (nSPS) is 10.3. The Labute approximate surface area is 78.8 Å². The van der Waals surface area contributed by atoms with Crippen LogP contribution in [0, 0.1) is 0 Å². The number of carbonyl (C=O) groups excluding carboxylic acids is 2. The van der Waals surface area contributed by atoms with Gasteiger partial charge in [-0.25, -0.2) is 4.79 Å². The maximum Gasteiger partial charge on any atom is 0.374 e. The van der Waals surface area contributed by atoms with Gasteiger partial charge in [-0.3, -0.25) is 4.79 Å². The number of ether oxygens (including phenoxy) is 1. The van der Waals surface area contributed by atoms with E-state index in [-0.39, 0.29) is 13.0 Å². The summed E-state index contributed by atoms with van der Waals surface area (Å²) < 4.78 is 4.55. The molecule has 0 radical (unpaired) electrons. The number of rotatable bonds is 6. The van der Waals surface area contributed by atoms with Gasteiger partial charge < -0.3 is 4.74 Å². The van der Waals surface area contributed by atoms with Crippen LogP contribution in [0.5, 0.6) is 0 Å². The quantitative estimate of drug-likeness (QED) is 0.274. The fourth-order valence-corrected chi connectivity index (χ4v) is 0.861. The molecule has 3 heteroatoms. The van der Waals surface area contributed by atoms with E-state index in [9.17, 15) is 9.59 Å². The van der Waals surface area contributed by atoms with Crippen molar-refractivity contribution in [3.63, 3.8) is 0 Å². The highest BCUT2D eigenvalue weighted by molar-refractivity contribution is 6.33. The van der Waals surface area contributed by atoms with E-state index < -0.39 is 11.8 Å². The summed E-state index contributed by atoms with van der Waals surface area (Å²) in [5.74, 6) is -1.13. The van der Waals surface area contributed by atoms with Gasteiger partial charge in [-0.15, -0.1) is 0 Å². The Balaban J connectivity index is 3.56. The minimum absolute atomic E-state index is 0.263. The number of ketones is 1. The Hall–Kier alpha value is -1.12. The predicted molar refractivity (Wildman–Crippen MR) is 50.3 cm³/mol. The second-order valence-corrected chi connectivity index (χ2v) is 2.60. The van der Waals surface area contributed by atoms with Gasteiger partial charge in [-0.2, -0.15) is 0 Å². The monoisotopic (exact) mass is 184 g/mol. The SMILES string of the molecule is C/C=C/CCCC(=O)C(=O)OCC. The van der Waals surface area contributed by atoms with E-state index in [1.165, 1.54) is 0 Å². The number of hydrogen-bond acceptors (Lipinski definition) is 3. The van der Waals surface area contributed by atoms with E-state index in [1.54, 1.807) is 6.92 Å². The predicted octanol–water partition coefficient (Wildman–Crippen LogP) is 1.86. The van der Waals surface area contributed by atoms with Crippen LogP contribution in [0.15, 0.2) is 12.2 Å². The lowest BCUT2D eigenvalue weighted by atomic mass is 10.2. The van der Waals surface area contributed by atoms with E-state index in [4.69, 9.17) is 0 Å². The van der Waals surface area contributed by atoms with Crippen LogP contribution in [0.4, 0.5) is 0 Å². The van der Waals surface area contributed by atoms with Crippen LogP contribution in [0.25, 0.3) is 0 Å². The molecule has 0 fully saturated rings. The first kappa shape index (κ1) is 11.9. The molecule has 0 N–H and O–H groups in total. The summed E-state index contributed by atoms with van der Waals surface area (Å²) in [5, 5.41) is 0. The van der Waals surface area contributed by atoms with Gasteiger partial charge in [-0.05, 0) is 26.7 Å². The van der Waals surface area contributed by atoms with E-state index in [2.05, 4.69) is 4.74 Å². The van der Waals surface area contributed by atoms with Crippen LogP contribution in [-0.2, 0) is 14.3 Å². The highest BCUT2D eigenvalue weighted by atomic mass is 16.5. The Morgan fingerprint density at radius 1 is 1.38 bits per heavy atom. The summed E-state index contributed by atoms with van der Waals surface area (Å²) in [5.41, 5.74) is 0. The summed E-state index contributed by atoms with van der Waals surface area (Å²) >= 11 is 0. The topological polar surface area (TPSA) is 43.4 Å². The van der Waals surface area contributed by atoms with Crippen molar-refractivity contribution in [2.75, 3.05) is 6.61 Å². The van der Waals surface area contributed by atoms with E-state index in [0.29, 0.717) is 6.42 Å². The highest BCUT2D eigenvalue weighted by Crippen LogP contribution is 1.99. The summed E-state index contributed by atoms with van der Waals surface area (Å²) in [6, 6.07) is 0. The summed E-state index contributed by atoms with van der Waals surface area (Å²) in [7, 11) is 0. The fourth-order valence-electron chi connectivity index (χ4n) is 0.861. The molecule has 0 unspecified atom stereocenters. The van der Waals surface area contributed by atoms with Crippen molar-refractivity contribution in [2.24, 2.45) is 0 Å². The van der Waals surface area contributed by atoms with E-state index in [1.807, 2.05) is 19.1 Å². The molecule has 74 valence electrons. The molecule has 0 saturated heterocycles. The molecule has 0 bridgehead atoms. The smallest absolute Gasteiger partial charge is 0.374 e. The van der Waals surface area contributed by atoms with Gasteiger partial charge in [0.15, 0.2) is 0 Å². The zero-order valence-electron chi connectivity index (χ0n) is 8.21. The minimum atomic E-state index is -0.706. The van der Waals surface area contributed by atoms with Crippen LogP contribution in [0.1, 0.15) is 33.1 Å². The molecule has 0 aromatic rings. The maximum atomic E-state index is 11.0. The first-order valence-corrected chi connectivity index (χ1v) is 4.53. The largest absolute Gasteiger partial charge is 0.460 e. The standard InChI is InChI=1S/C10H16O3/c1-3-5-6-7-8-9(11)10(12)13-4-2/h3,5H,4,6-8H2,1-2H3/b5-3+. The molecule has 0 saturated carbocycles. The van der Waals surface area contributed by atoms with Crippen molar-refractivity contribution < 1.29 is 14.3 Å². The third-order valence-corrected chi connectivity index (χ3v) is 1.51. The van der Waals surface area contributed by atoms with Crippen molar-refractivity contribution in [2.45, 2.75) is 33.1 Å². The lowest BCUT2D eigenvalue weighted by Crippen LogP contribution is -2.16. The zero-order valence-corrected chi connectivity index (χ0v) is 8.21. The molecule has 0 rings (SSSR count). The van der Waals surface area contributed by atoms with E-state index >= 15 is 0 Å². The molecule has 0 heterocycles. The molecule has 0 aliphatic rings. The van der Waals surface area contributed by atoms with Crippen molar-refractivity contribution >= 4 is 11.8 Å². The van der Waals surface area contributed by atoms with Gasteiger partial charge in [0.05, 0.1) is 6.61 Å². The number of Topliss-reactive ketones (excluding diaryl/α,β-unsaturated/α-hetero) is 1. The molecule has 3 nitrogen and oxygen atoms in total. The number of carbonyl (C=O) groups is 2. The van der Waals surface area contributed by atoms with Crippen molar-refractivity contribution in [1.82, 2.24) is 0 Å². The van der Waals surface area contributed by atoms with Crippen LogP contribution in [0.2, 0.25) is 0 Å². The second-order valence-electron chi connectivity index (χ2n) is 2.60. The maximum absolute atomic E-state index is 11.0. The zero-order chi connectivity index (χ0) is 10.1. The highest BCUT2D eigenvalue weighted by Gasteiger charge is 2.12. The molecule has 0 aromatic heterocycles. The van der Waals surface area contributed by atoms with Crippen LogP contribution in [-0.4, -0.2) is 18.4 Å². The van der Waals surface area contributed by atoms with Crippen molar-refractivity contribution in [3.8, 4) is 0 Å². The summed E-state index contributed by atoms with van der Waals surface area (Å²) in [6.07, 6.45) is 5.72. The molecule has 13 heavy (non-hydrogen) atoms. The lowest BCUT2D eigenvalue weighted by molar-refractivity contribution is -0.153. The van der Waals surface area contributed by atoms with Crippen molar-refractivity contribution in [3.05, 3.63) is 12.2 Å². The Morgan fingerprint density at radius 3 is 2.62 bits per heavy atom. The van der Waals surface area contributed by atoms with Gasteiger partial charge in [0.2, 0.25) is 5.78 Å². The van der Waals surface area contributed by atoms with Gasteiger partial charge >= 0.3 is 5.97 Å². The molecule has 0 aromatic carbocycles. The number of hydrogen-bond donors (Lipinski definition) is 0. The summed E-state index contributed by atoms with van der Waals surface area (Å²) in [6.45, 7) is 3.87. The molecule has 0 amide bonds. The molecular formula is C10H16O3. The van der Waals surface area contributed by atoms with Crippen LogP contribution >= 0.6 is 0 Å². The molecule has 0 spiro atoms. The number of allylic oxidation sites excluding steroid dienone is 2. The fraction of sp³-hybridized carbons (Fsp3) is 0.600. The number of unbranched alkanes of at least 4 members (excludes halogenated alkanes) is 1. The lowest BCUT2D eigenvalue weighted by Gasteiger charge is -1.98. The molecule has 0 atom stereocenters.